The van der Waals surface area contributed by atoms with Gasteiger partial charge < -0.3 is 4.57 Å². The number of carbonyl (C=O) groups excluding carboxylic acids is 1. The van der Waals surface area contributed by atoms with Gasteiger partial charge in [-0.2, -0.15) is 0 Å². The third-order valence-corrected chi connectivity index (χ3v) is 4.19. The van der Waals surface area contributed by atoms with Crippen molar-refractivity contribution in [2.75, 3.05) is 11.4 Å². The molecule has 0 aliphatic carbocycles. The molecule has 0 radical (unpaired) electrons. The highest BCUT2D eigenvalue weighted by atomic mass is 16.6. The van der Waals surface area contributed by atoms with Crippen molar-refractivity contribution >= 4 is 34.7 Å². The Labute approximate surface area is 143 Å². The van der Waals surface area contributed by atoms with Gasteiger partial charge in [0.25, 0.3) is 11.6 Å². The molecule has 124 valence electrons. The summed E-state index contributed by atoms with van der Waals surface area (Å²) < 4.78 is 2.02. The van der Waals surface area contributed by atoms with Crippen LogP contribution in [0.4, 0.5) is 11.6 Å². The minimum absolute atomic E-state index is 0.00226. The maximum atomic E-state index is 12.5. The number of amides is 1. The second-order valence-electron chi connectivity index (χ2n) is 5.73. The number of rotatable bonds is 3. The van der Waals surface area contributed by atoms with E-state index in [-0.39, 0.29) is 11.6 Å². The van der Waals surface area contributed by atoms with E-state index in [4.69, 9.17) is 0 Å². The molecule has 3 aromatic rings. The standard InChI is InChI=1S/C18H14N4O3/c23-17(9-8-13-4-3-5-14(12-13)22(24)25)21-11-10-20-16-7-2-1-6-15(16)19-18(20)21/h1-9,12H,10-11H2/b9-8+. The van der Waals surface area contributed by atoms with Gasteiger partial charge in [-0.1, -0.05) is 24.3 Å². The van der Waals surface area contributed by atoms with E-state index in [1.54, 1.807) is 23.1 Å². The lowest BCUT2D eigenvalue weighted by atomic mass is 10.2. The van der Waals surface area contributed by atoms with Gasteiger partial charge in [-0.25, -0.2) is 4.98 Å². The van der Waals surface area contributed by atoms with Gasteiger partial charge in [-0.3, -0.25) is 19.8 Å². The first kappa shape index (κ1) is 15.1. The van der Waals surface area contributed by atoms with Crippen LogP contribution >= 0.6 is 0 Å². The van der Waals surface area contributed by atoms with Crippen LogP contribution in [0, 0.1) is 10.1 Å². The number of fused-ring (bicyclic) bond motifs is 3. The molecule has 0 N–H and O–H groups in total. The number of anilines is 1. The van der Waals surface area contributed by atoms with E-state index in [0.29, 0.717) is 24.6 Å². The fraction of sp³-hybridized carbons (Fsp3) is 0.111. The number of para-hydroxylation sites is 2. The molecule has 0 bridgehead atoms. The predicted octanol–water partition coefficient (Wildman–Crippen LogP) is 3.00. The zero-order valence-corrected chi connectivity index (χ0v) is 13.2. The first-order valence-corrected chi connectivity index (χ1v) is 7.83. The average Bonchev–Trinajstić information content (AvgIpc) is 3.19. The summed E-state index contributed by atoms with van der Waals surface area (Å²) in [5.41, 5.74) is 2.47. The lowest BCUT2D eigenvalue weighted by Gasteiger charge is -2.10. The highest BCUT2D eigenvalue weighted by Gasteiger charge is 2.26. The van der Waals surface area contributed by atoms with Crippen molar-refractivity contribution in [3.63, 3.8) is 0 Å². The summed E-state index contributed by atoms with van der Waals surface area (Å²) >= 11 is 0. The Morgan fingerprint density at radius 3 is 2.84 bits per heavy atom. The quantitative estimate of drug-likeness (QED) is 0.419. The van der Waals surface area contributed by atoms with Crippen molar-refractivity contribution in [3.8, 4) is 0 Å². The fourth-order valence-corrected chi connectivity index (χ4v) is 3.00. The Hall–Kier alpha value is -3.48. The van der Waals surface area contributed by atoms with Gasteiger partial charge in [0.1, 0.15) is 0 Å². The molecule has 1 aliphatic heterocycles. The summed E-state index contributed by atoms with van der Waals surface area (Å²) in [4.78, 5) is 29.0. The van der Waals surface area contributed by atoms with Gasteiger partial charge in [0.05, 0.1) is 16.0 Å². The second kappa shape index (κ2) is 5.86. The number of carbonyl (C=O) groups is 1. The van der Waals surface area contributed by atoms with Crippen molar-refractivity contribution < 1.29 is 9.72 Å². The van der Waals surface area contributed by atoms with Crippen LogP contribution < -0.4 is 4.90 Å². The first-order chi connectivity index (χ1) is 12.1. The van der Waals surface area contributed by atoms with Crippen molar-refractivity contribution in [2.45, 2.75) is 6.54 Å². The summed E-state index contributed by atoms with van der Waals surface area (Å²) in [6.45, 7) is 1.26. The summed E-state index contributed by atoms with van der Waals surface area (Å²) in [5, 5.41) is 10.8. The summed E-state index contributed by atoms with van der Waals surface area (Å²) in [6.07, 6.45) is 3.01. The third-order valence-electron chi connectivity index (χ3n) is 4.19. The molecule has 25 heavy (non-hydrogen) atoms. The Morgan fingerprint density at radius 2 is 2.00 bits per heavy atom. The second-order valence-corrected chi connectivity index (χ2v) is 5.73. The minimum atomic E-state index is -0.456. The average molecular weight is 334 g/mol. The molecular weight excluding hydrogens is 320 g/mol. The maximum Gasteiger partial charge on any atom is 0.270 e. The molecule has 0 spiro atoms. The normalized spacial score (nSPS) is 13.5. The molecule has 0 saturated heterocycles. The largest absolute Gasteiger partial charge is 0.308 e. The van der Waals surface area contributed by atoms with Gasteiger partial charge in [0.15, 0.2) is 0 Å². The van der Waals surface area contributed by atoms with Gasteiger partial charge in [-0.15, -0.1) is 0 Å². The van der Waals surface area contributed by atoms with Crippen LogP contribution in [-0.4, -0.2) is 26.9 Å². The fourth-order valence-electron chi connectivity index (χ4n) is 3.00. The lowest BCUT2D eigenvalue weighted by Crippen LogP contribution is -2.27. The first-order valence-electron chi connectivity index (χ1n) is 7.83. The number of non-ortho nitro benzene ring substituents is 1. The Morgan fingerprint density at radius 1 is 1.16 bits per heavy atom. The van der Waals surface area contributed by atoms with Crippen LogP contribution in [0.15, 0.2) is 54.6 Å². The Bertz CT molecular complexity index is 1020. The van der Waals surface area contributed by atoms with Crippen LogP contribution in [0.2, 0.25) is 0 Å². The van der Waals surface area contributed by atoms with Crippen LogP contribution in [0.3, 0.4) is 0 Å². The van der Waals surface area contributed by atoms with Gasteiger partial charge in [0.2, 0.25) is 5.95 Å². The highest BCUT2D eigenvalue weighted by Crippen LogP contribution is 2.27. The molecule has 1 aromatic heterocycles. The number of hydrogen-bond acceptors (Lipinski definition) is 4. The molecule has 1 amide bonds. The van der Waals surface area contributed by atoms with Crippen molar-refractivity contribution in [2.24, 2.45) is 0 Å². The zero-order chi connectivity index (χ0) is 17.4. The molecule has 0 fully saturated rings. The SMILES string of the molecule is O=C(/C=C/c1cccc([N+](=O)[O-])c1)N1CCn2c1nc1ccccc12. The molecule has 4 rings (SSSR count). The van der Waals surface area contributed by atoms with E-state index >= 15 is 0 Å². The number of nitrogens with zero attached hydrogens (tertiary/aromatic N) is 4. The molecule has 7 nitrogen and oxygen atoms in total. The van der Waals surface area contributed by atoms with Gasteiger partial charge >= 0.3 is 0 Å². The van der Waals surface area contributed by atoms with Crippen molar-refractivity contribution in [3.05, 3.63) is 70.3 Å². The molecule has 1 aliphatic rings. The molecule has 0 saturated carbocycles. The third kappa shape index (κ3) is 2.65. The molecule has 2 heterocycles. The zero-order valence-electron chi connectivity index (χ0n) is 13.2. The number of aromatic nitrogens is 2. The van der Waals surface area contributed by atoms with Crippen molar-refractivity contribution in [1.82, 2.24) is 9.55 Å². The minimum Gasteiger partial charge on any atom is -0.308 e. The number of nitro groups is 1. The summed E-state index contributed by atoms with van der Waals surface area (Å²) in [5.74, 6) is 0.440. The lowest BCUT2D eigenvalue weighted by molar-refractivity contribution is -0.384. The van der Waals surface area contributed by atoms with Crippen LogP contribution in [0.1, 0.15) is 5.56 Å². The van der Waals surface area contributed by atoms with E-state index in [2.05, 4.69) is 4.98 Å². The molecule has 7 heteroatoms. The van der Waals surface area contributed by atoms with Crippen LogP contribution in [-0.2, 0) is 11.3 Å². The van der Waals surface area contributed by atoms with Crippen LogP contribution in [0.5, 0.6) is 0 Å². The number of benzene rings is 2. The van der Waals surface area contributed by atoms with Crippen LogP contribution in [0.25, 0.3) is 17.1 Å². The predicted molar refractivity (Wildman–Crippen MR) is 94.2 cm³/mol. The van der Waals surface area contributed by atoms with E-state index < -0.39 is 4.92 Å². The maximum absolute atomic E-state index is 12.5. The van der Waals surface area contributed by atoms with E-state index in [9.17, 15) is 14.9 Å². The molecule has 2 aromatic carbocycles. The molecular formula is C18H14N4O3. The van der Waals surface area contributed by atoms with E-state index in [1.807, 2.05) is 28.8 Å². The van der Waals surface area contributed by atoms with E-state index in [0.717, 1.165) is 11.0 Å². The van der Waals surface area contributed by atoms with Crippen molar-refractivity contribution in [1.29, 1.82) is 0 Å². The monoisotopic (exact) mass is 334 g/mol. The van der Waals surface area contributed by atoms with E-state index in [1.165, 1.54) is 18.2 Å². The topological polar surface area (TPSA) is 81.3 Å². The smallest absolute Gasteiger partial charge is 0.270 e. The number of hydrogen-bond donors (Lipinski definition) is 0. The number of imidazole rings is 1. The van der Waals surface area contributed by atoms with Gasteiger partial charge in [0, 0.05) is 31.3 Å². The Kier molecular flexibility index (Phi) is 3.53. The summed E-state index contributed by atoms with van der Waals surface area (Å²) in [6, 6.07) is 13.9. The van der Waals surface area contributed by atoms with Gasteiger partial charge in [-0.05, 0) is 23.8 Å². The Balaban J connectivity index is 1.59. The summed E-state index contributed by atoms with van der Waals surface area (Å²) in [7, 11) is 0. The highest BCUT2D eigenvalue weighted by molar-refractivity contribution is 6.04. The number of nitro benzene ring substituents is 1. The molecule has 0 unspecified atom stereocenters. The molecule has 0 atom stereocenters.